The van der Waals surface area contributed by atoms with Crippen molar-refractivity contribution in [2.24, 2.45) is 28.6 Å². The maximum Gasteiger partial charge on any atom is 0.407 e. The van der Waals surface area contributed by atoms with Crippen LogP contribution >= 0.6 is 0 Å². The van der Waals surface area contributed by atoms with Crippen molar-refractivity contribution in [3.63, 3.8) is 0 Å². The number of ether oxygens (including phenoxy) is 4. The van der Waals surface area contributed by atoms with Crippen molar-refractivity contribution in [2.45, 2.75) is 121 Å². The topological polar surface area (TPSA) is 218 Å². The molecule has 2 radical (unpaired) electrons. The van der Waals surface area contributed by atoms with Crippen molar-refractivity contribution in [3.05, 3.63) is 47.0 Å². The molecule has 0 spiro atoms. The Balaban J connectivity index is 0.00000325. The van der Waals surface area contributed by atoms with E-state index in [-0.39, 0.29) is 136 Å². The Morgan fingerprint density at radius 1 is 1.02 bits per heavy atom. The third kappa shape index (κ3) is 7.83. The molecule has 1 heterocycles. The van der Waals surface area contributed by atoms with E-state index in [1.165, 1.54) is 26.0 Å². The largest absolute Gasteiger partial charge is 0.456 e. The van der Waals surface area contributed by atoms with Crippen LogP contribution in [-0.2, 0) is 28.5 Å². The molecule has 1 aromatic rings. The van der Waals surface area contributed by atoms with E-state index < -0.39 is 101 Å². The molecule has 1 aliphatic heterocycles. The van der Waals surface area contributed by atoms with E-state index in [0.29, 0.717) is 12.8 Å². The fourth-order valence-electron chi connectivity index (χ4n) is 9.06. The van der Waals surface area contributed by atoms with Gasteiger partial charge in [-0.05, 0) is 61.8 Å². The van der Waals surface area contributed by atoms with E-state index >= 15 is 0 Å². The Kier molecular flexibility index (Phi) is 14.5. The summed E-state index contributed by atoms with van der Waals surface area (Å²) in [6.45, 7) is 9.60. The Morgan fingerprint density at radius 3 is 2.20 bits per heavy atom. The van der Waals surface area contributed by atoms with Crippen molar-refractivity contribution >= 4 is 23.8 Å². The van der Waals surface area contributed by atoms with E-state index in [2.05, 4.69) is 5.32 Å². The van der Waals surface area contributed by atoms with Crippen LogP contribution in [0.3, 0.4) is 0 Å². The molecule has 16 heteroatoms. The summed E-state index contributed by atoms with van der Waals surface area (Å²) in [5.41, 5.74) is -7.33. The molecular weight excluding hydrogens is 1130 g/mol. The van der Waals surface area contributed by atoms with Gasteiger partial charge in [-0.15, -0.1) is 0 Å². The first kappa shape index (κ1) is 46.2. The van der Waals surface area contributed by atoms with Crippen LogP contribution in [0, 0.1) is 117 Å². The maximum atomic E-state index is 14.6. The van der Waals surface area contributed by atoms with Crippen molar-refractivity contribution in [1.29, 1.82) is 0 Å². The normalized spacial score (nSPS) is 36.3. The van der Waals surface area contributed by atoms with Gasteiger partial charge in [-0.3, -0.25) is 4.79 Å². The SMILES string of the molecule is CC1=C2[C@@H](O)C(=O)[C@@]3(C)[C@H]([C@H](OC(=O)c4ccccc4)[C@](O)(CC1OC(=O)[C@H](O)[C@@H](NC(=O)OCC(C)C)C1CC1)C2(C)C)[C@]1(O)CO[C@@H]1C[C@@H]3O.[Ac].[Ac]. The number of benzene rings is 1. The number of nitrogens with one attached hydrogen (secondary N) is 1. The summed E-state index contributed by atoms with van der Waals surface area (Å²) < 4.78 is 22.9. The van der Waals surface area contributed by atoms with Gasteiger partial charge in [0.2, 0.25) is 0 Å². The molecule has 4 fully saturated rings. The molecule has 5 aliphatic rings. The van der Waals surface area contributed by atoms with Crippen molar-refractivity contribution in [1.82, 2.24) is 5.32 Å². The summed E-state index contributed by atoms with van der Waals surface area (Å²) in [4.78, 5) is 54.7. The third-order valence-electron chi connectivity index (χ3n) is 12.4. The number of carbonyl (C=O) groups is 4. The number of carbonyl (C=O) groups excluding carboxylic acids is 4. The number of aliphatic hydroxyl groups excluding tert-OH is 3. The predicted molar refractivity (Wildman–Crippen MR) is 181 cm³/mol. The second-order valence-corrected chi connectivity index (χ2v) is 16.5. The minimum atomic E-state index is -2.27. The van der Waals surface area contributed by atoms with Gasteiger partial charge in [0.15, 0.2) is 11.9 Å². The Hall–Kier alpha value is -0.517. The third-order valence-corrected chi connectivity index (χ3v) is 12.4. The summed E-state index contributed by atoms with van der Waals surface area (Å²) in [6.07, 6.45) is -9.46. The summed E-state index contributed by atoms with van der Waals surface area (Å²) in [5.74, 6) is -4.55. The number of alkyl carbamates (subject to hydrolysis) is 1. The zero-order valence-electron chi connectivity index (χ0n) is 31.6. The van der Waals surface area contributed by atoms with Gasteiger partial charge in [-0.25, -0.2) is 14.4 Å². The molecule has 1 saturated heterocycles. The quantitative estimate of drug-likeness (QED) is 0.118. The maximum absolute atomic E-state index is 14.6. The van der Waals surface area contributed by atoms with Crippen LogP contribution in [0.15, 0.2) is 41.5 Å². The first-order valence-corrected chi connectivity index (χ1v) is 18.0. The van der Waals surface area contributed by atoms with E-state index in [0.717, 1.165) is 0 Å². The minimum Gasteiger partial charge on any atom is -0.456 e. The minimum absolute atomic E-state index is 0. The van der Waals surface area contributed by atoms with Crippen LogP contribution in [0.1, 0.15) is 77.6 Å². The van der Waals surface area contributed by atoms with Gasteiger partial charge in [-0.2, -0.15) is 0 Å². The molecule has 1 unspecified atom stereocenters. The summed E-state index contributed by atoms with van der Waals surface area (Å²) >= 11 is 0. The molecule has 6 rings (SSSR count). The molecule has 1 amide bonds. The van der Waals surface area contributed by atoms with E-state index in [9.17, 15) is 44.7 Å². The number of hydrogen-bond donors (Lipinski definition) is 6. The van der Waals surface area contributed by atoms with Gasteiger partial charge >= 0.3 is 18.0 Å². The number of amides is 1. The Bertz CT molecular complexity index is 1640. The Labute approximate surface area is 386 Å². The van der Waals surface area contributed by atoms with Gasteiger partial charge < -0.3 is 49.8 Å². The molecule has 4 aliphatic carbocycles. The monoisotopic (exact) mass is 1180 g/mol. The van der Waals surface area contributed by atoms with E-state index in [1.807, 2.05) is 13.8 Å². The van der Waals surface area contributed by atoms with Gasteiger partial charge in [0.05, 0.1) is 42.4 Å². The number of fused-ring (bicyclic) bond motifs is 5. The predicted octanol–water partition coefficient (Wildman–Crippen LogP) is 1.58. The summed E-state index contributed by atoms with van der Waals surface area (Å²) in [7, 11) is 0. The van der Waals surface area contributed by atoms with Crippen LogP contribution in [0.25, 0.3) is 0 Å². The fraction of sp³-hybridized carbons (Fsp3) is 0.684. The number of Topliss-reactive ketones (excluding diaryl/α,β-unsaturated/α-hetero) is 1. The first-order valence-electron chi connectivity index (χ1n) is 18.0. The molecule has 2 bridgehead atoms. The first-order chi connectivity index (χ1) is 24.3. The molecule has 1 aromatic carbocycles. The molecule has 6 N–H and O–H groups in total. The molecule has 292 valence electrons. The van der Waals surface area contributed by atoms with Crippen LogP contribution in [-0.4, -0.2) is 116 Å². The zero-order valence-corrected chi connectivity index (χ0v) is 41.1. The van der Waals surface area contributed by atoms with Gasteiger partial charge in [0.25, 0.3) is 0 Å². The Morgan fingerprint density at radius 2 is 1.65 bits per heavy atom. The number of ketones is 1. The fourth-order valence-corrected chi connectivity index (χ4v) is 9.06. The second-order valence-electron chi connectivity index (χ2n) is 16.5. The molecule has 14 nitrogen and oxygen atoms in total. The number of rotatable bonds is 9. The van der Waals surface area contributed by atoms with E-state index in [1.54, 1.807) is 32.0 Å². The summed E-state index contributed by atoms with van der Waals surface area (Å²) in [5, 5.41) is 62.7. The number of hydrogen-bond acceptors (Lipinski definition) is 13. The molecule has 3 saturated carbocycles. The molecular formula is C38H51Ac2NO13. The van der Waals surface area contributed by atoms with Gasteiger partial charge in [0, 0.05) is 112 Å². The standard InChI is InChI=1S/C38H51NO13.2Ac/c1-18(2)16-49-34(46)39-26(20-12-13-20)28(42)33(45)51-22-15-38(48)31(52-32(44)21-10-8-7-9-11-21)29-36(6,23(40)14-24-37(29,47)17-50-24)30(43)27(41)25(19(22)3)35(38,4)5;;/h7-11,18,20,22-24,26-29,31,40-42,47-48H,12-17H2,1-6H3,(H,39,46);;/t22?,23-,24+,26-,27+,28+,29-,31-,36+,37-,38+;;/m0../s1. The van der Waals surface area contributed by atoms with E-state index in [4.69, 9.17) is 18.9 Å². The van der Waals surface area contributed by atoms with Crippen LogP contribution in [0.2, 0.25) is 0 Å². The molecule has 11 atom stereocenters. The zero-order chi connectivity index (χ0) is 38.1. The van der Waals surface area contributed by atoms with Crippen LogP contribution < -0.4 is 5.32 Å². The van der Waals surface area contributed by atoms with Crippen LogP contribution in [0.4, 0.5) is 4.79 Å². The summed E-state index contributed by atoms with van der Waals surface area (Å²) in [6, 6.07) is 6.89. The van der Waals surface area contributed by atoms with Crippen LogP contribution in [0.5, 0.6) is 0 Å². The van der Waals surface area contributed by atoms with Crippen molar-refractivity contribution in [2.75, 3.05) is 13.2 Å². The average molecular weight is 1180 g/mol. The second kappa shape index (κ2) is 17.0. The number of esters is 2. The van der Waals surface area contributed by atoms with Crippen molar-refractivity contribution in [3.8, 4) is 0 Å². The molecule has 54 heavy (non-hydrogen) atoms. The molecule has 0 aromatic heterocycles. The number of aliphatic hydroxyl groups is 5. The smallest absolute Gasteiger partial charge is 0.407 e. The van der Waals surface area contributed by atoms with Crippen molar-refractivity contribution < 1.29 is 152 Å². The van der Waals surface area contributed by atoms with Gasteiger partial charge in [0.1, 0.15) is 29.5 Å². The van der Waals surface area contributed by atoms with Gasteiger partial charge in [-0.1, -0.05) is 45.9 Å². The average Bonchev–Trinajstić information content (AvgIpc) is 3.94.